The lowest BCUT2D eigenvalue weighted by Crippen LogP contribution is -2.04. The Bertz CT molecular complexity index is 798. The zero-order chi connectivity index (χ0) is 15.5. The number of rotatable bonds is 5. The summed E-state index contributed by atoms with van der Waals surface area (Å²) in [5, 5.41) is 7.76. The molecule has 0 N–H and O–H groups in total. The molecule has 0 aromatic carbocycles. The summed E-state index contributed by atoms with van der Waals surface area (Å²) < 4.78 is 1.76. The van der Waals surface area contributed by atoms with Gasteiger partial charge in [0.2, 0.25) is 0 Å². The van der Waals surface area contributed by atoms with E-state index in [2.05, 4.69) is 15.1 Å². The molecule has 0 saturated heterocycles. The molecule has 0 bridgehead atoms. The van der Waals surface area contributed by atoms with Crippen molar-refractivity contribution in [1.29, 1.82) is 0 Å². The maximum absolute atomic E-state index is 10.7. The van der Waals surface area contributed by atoms with Gasteiger partial charge in [-0.25, -0.2) is 14.6 Å². The lowest BCUT2D eigenvalue weighted by molar-refractivity contribution is -0.107. The van der Waals surface area contributed by atoms with Crippen LogP contribution in [-0.2, 0) is 11.2 Å². The van der Waals surface area contributed by atoms with E-state index in [9.17, 15) is 4.79 Å². The molecular weight excluding hydrogens is 320 g/mol. The molecule has 0 saturated carbocycles. The van der Waals surface area contributed by atoms with Crippen LogP contribution in [-0.4, -0.2) is 26.0 Å². The fourth-order valence-electron chi connectivity index (χ4n) is 2.21. The normalized spacial score (nSPS) is 10.8. The van der Waals surface area contributed by atoms with E-state index in [0.29, 0.717) is 18.0 Å². The Labute approximate surface area is 136 Å². The van der Waals surface area contributed by atoms with Crippen LogP contribution in [0.1, 0.15) is 17.7 Å². The second-order valence-corrected chi connectivity index (χ2v) is 5.99. The van der Waals surface area contributed by atoms with E-state index in [1.807, 2.05) is 30.6 Å². The van der Waals surface area contributed by atoms with Crippen molar-refractivity contribution in [2.45, 2.75) is 19.8 Å². The molecule has 7 heteroatoms. The Morgan fingerprint density at radius 1 is 1.45 bits per heavy atom. The van der Waals surface area contributed by atoms with Crippen LogP contribution in [0.2, 0.25) is 5.15 Å². The SMILES string of the molecule is Cc1cc(-n2ccc(-c3nccs3)n2)c(CCC=O)c(Cl)n1. The number of pyridine rings is 1. The first kappa shape index (κ1) is 14.9. The molecule has 0 aliphatic heterocycles. The molecule has 3 rings (SSSR count). The zero-order valence-corrected chi connectivity index (χ0v) is 13.4. The first-order valence-electron chi connectivity index (χ1n) is 6.74. The van der Waals surface area contributed by atoms with Gasteiger partial charge in [-0.05, 0) is 25.5 Å². The predicted octanol–water partition coefficient (Wildman–Crippen LogP) is 3.48. The molecule has 3 aromatic rings. The van der Waals surface area contributed by atoms with Crippen molar-refractivity contribution in [3.63, 3.8) is 0 Å². The van der Waals surface area contributed by atoms with Gasteiger partial charge in [0.1, 0.15) is 22.1 Å². The van der Waals surface area contributed by atoms with E-state index in [-0.39, 0.29) is 0 Å². The summed E-state index contributed by atoms with van der Waals surface area (Å²) in [6, 6.07) is 3.83. The molecule has 0 amide bonds. The molecule has 0 aliphatic carbocycles. The molecule has 0 spiro atoms. The Balaban J connectivity index is 2.05. The minimum atomic E-state index is 0.401. The number of aldehydes is 1. The number of nitrogens with zero attached hydrogens (tertiary/aromatic N) is 4. The minimum Gasteiger partial charge on any atom is -0.303 e. The van der Waals surface area contributed by atoms with Gasteiger partial charge < -0.3 is 4.79 Å². The molecule has 3 aromatic heterocycles. The van der Waals surface area contributed by atoms with Crippen LogP contribution >= 0.6 is 22.9 Å². The van der Waals surface area contributed by atoms with Gasteiger partial charge in [0, 0.05) is 35.5 Å². The van der Waals surface area contributed by atoms with Crippen LogP contribution < -0.4 is 0 Å². The summed E-state index contributed by atoms with van der Waals surface area (Å²) in [6.45, 7) is 1.88. The Hall–Kier alpha value is -2.05. The van der Waals surface area contributed by atoms with Crippen LogP contribution in [0.15, 0.2) is 29.9 Å². The summed E-state index contributed by atoms with van der Waals surface area (Å²) in [5.41, 5.74) is 3.29. The largest absolute Gasteiger partial charge is 0.303 e. The number of hydrogen-bond donors (Lipinski definition) is 0. The van der Waals surface area contributed by atoms with Gasteiger partial charge in [0.05, 0.1) is 5.69 Å². The third-order valence-electron chi connectivity index (χ3n) is 3.18. The smallest absolute Gasteiger partial charge is 0.143 e. The monoisotopic (exact) mass is 332 g/mol. The highest BCUT2D eigenvalue weighted by atomic mass is 35.5. The second kappa shape index (κ2) is 6.37. The van der Waals surface area contributed by atoms with Crippen molar-refractivity contribution in [1.82, 2.24) is 19.7 Å². The van der Waals surface area contributed by atoms with E-state index in [1.165, 1.54) is 11.3 Å². The number of carbonyl (C=O) groups is 1. The van der Waals surface area contributed by atoms with Crippen molar-refractivity contribution < 1.29 is 4.79 Å². The molecule has 3 heterocycles. The lowest BCUT2D eigenvalue weighted by atomic mass is 10.1. The second-order valence-electron chi connectivity index (χ2n) is 4.74. The fraction of sp³-hybridized carbons (Fsp3) is 0.200. The highest BCUT2D eigenvalue weighted by Gasteiger charge is 2.14. The van der Waals surface area contributed by atoms with Gasteiger partial charge >= 0.3 is 0 Å². The van der Waals surface area contributed by atoms with Crippen molar-refractivity contribution in [2.75, 3.05) is 0 Å². The van der Waals surface area contributed by atoms with Crippen molar-refractivity contribution in [3.8, 4) is 16.4 Å². The van der Waals surface area contributed by atoms with Crippen molar-refractivity contribution >= 4 is 29.2 Å². The Kier molecular flexibility index (Phi) is 4.31. The third-order valence-corrected chi connectivity index (χ3v) is 4.29. The highest BCUT2D eigenvalue weighted by Crippen LogP contribution is 2.26. The summed E-state index contributed by atoms with van der Waals surface area (Å²) in [7, 11) is 0. The standard InChI is InChI=1S/C15H13ClN4OS/c1-10-9-13(11(3-2-7-21)14(16)18-10)20-6-4-12(19-20)15-17-5-8-22-15/h4-9H,2-3H2,1H3. The minimum absolute atomic E-state index is 0.401. The van der Waals surface area contributed by atoms with E-state index < -0.39 is 0 Å². The quantitative estimate of drug-likeness (QED) is 0.530. The van der Waals surface area contributed by atoms with Crippen LogP contribution in [0.5, 0.6) is 0 Å². The first-order chi connectivity index (χ1) is 10.7. The number of thiazole rings is 1. The summed E-state index contributed by atoms with van der Waals surface area (Å²) in [4.78, 5) is 19.2. The molecule has 5 nitrogen and oxygen atoms in total. The number of halogens is 1. The summed E-state index contributed by atoms with van der Waals surface area (Å²) in [5.74, 6) is 0. The molecule has 112 valence electrons. The van der Waals surface area contributed by atoms with E-state index in [4.69, 9.17) is 11.6 Å². The number of hydrogen-bond acceptors (Lipinski definition) is 5. The third kappa shape index (κ3) is 2.93. The topological polar surface area (TPSA) is 60.7 Å². The van der Waals surface area contributed by atoms with Crippen LogP contribution in [0.3, 0.4) is 0 Å². The molecule has 0 aliphatic rings. The Morgan fingerprint density at radius 2 is 2.32 bits per heavy atom. The van der Waals surface area contributed by atoms with Gasteiger partial charge in [0.15, 0.2) is 0 Å². The summed E-state index contributed by atoms with van der Waals surface area (Å²) in [6.07, 6.45) is 5.44. The average Bonchev–Trinajstić information content (AvgIpc) is 3.16. The lowest BCUT2D eigenvalue weighted by Gasteiger charge is -2.11. The van der Waals surface area contributed by atoms with E-state index in [0.717, 1.165) is 33.9 Å². The van der Waals surface area contributed by atoms with Gasteiger partial charge in [-0.3, -0.25) is 0 Å². The van der Waals surface area contributed by atoms with Gasteiger partial charge in [0.25, 0.3) is 0 Å². The highest BCUT2D eigenvalue weighted by molar-refractivity contribution is 7.13. The number of carbonyl (C=O) groups excluding carboxylic acids is 1. The van der Waals surface area contributed by atoms with E-state index >= 15 is 0 Å². The van der Waals surface area contributed by atoms with Crippen molar-refractivity contribution in [3.05, 3.63) is 46.3 Å². The maximum atomic E-state index is 10.7. The van der Waals surface area contributed by atoms with Gasteiger partial charge in [-0.2, -0.15) is 5.10 Å². The van der Waals surface area contributed by atoms with Gasteiger partial charge in [-0.15, -0.1) is 11.3 Å². The molecule has 0 fully saturated rings. The predicted molar refractivity (Wildman–Crippen MR) is 86.6 cm³/mol. The van der Waals surface area contributed by atoms with Gasteiger partial charge in [-0.1, -0.05) is 11.6 Å². The number of aryl methyl sites for hydroxylation is 1. The molecule has 0 unspecified atom stereocenters. The fourth-order valence-corrected chi connectivity index (χ4v) is 3.13. The molecule has 0 radical (unpaired) electrons. The van der Waals surface area contributed by atoms with Crippen LogP contribution in [0.25, 0.3) is 16.4 Å². The molecular formula is C15H13ClN4OS. The average molecular weight is 333 g/mol. The van der Waals surface area contributed by atoms with Crippen LogP contribution in [0.4, 0.5) is 0 Å². The van der Waals surface area contributed by atoms with Crippen LogP contribution in [0, 0.1) is 6.92 Å². The number of aromatic nitrogens is 4. The molecule has 22 heavy (non-hydrogen) atoms. The summed E-state index contributed by atoms with van der Waals surface area (Å²) >= 11 is 7.79. The Morgan fingerprint density at radius 3 is 3.05 bits per heavy atom. The first-order valence-corrected chi connectivity index (χ1v) is 8.00. The van der Waals surface area contributed by atoms with E-state index in [1.54, 1.807) is 10.9 Å². The maximum Gasteiger partial charge on any atom is 0.143 e. The van der Waals surface area contributed by atoms with Crippen molar-refractivity contribution in [2.24, 2.45) is 0 Å². The zero-order valence-electron chi connectivity index (χ0n) is 11.9. The molecule has 0 atom stereocenters.